The van der Waals surface area contributed by atoms with Gasteiger partial charge >= 0.3 is 5.97 Å². The summed E-state index contributed by atoms with van der Waals surface area (Å²) in [6.45, 7) is 1.31. The van der Waals surface area contributed by atoms with E-state index in [-0.39, 0.29) is 0 Å². The largest absolute Gasteiger partial charge is 0.480 e. The van der Waals surface area contributed by atoms with Gasteiger partial charge in [-0.1, -0.05) is 6.07 Å². The van der Waals surface area contributed by atoms with E-state index in [4.69, 9.17) is 5.11 Å². The predicted molar refractivity (Wildman–Crippen MR) is 76.3 cm³/mol. The lowest BCUT2D eigenvalue weighted by Gasteiger charge is -2.17. The van der Waals surface area contributed by atoms with Gasteiger partial charge in [-0.3, -0.25) is 4.79 Å². The van der Waals surface area contributed by atoms with Crippen molar-refractivity contribution < 1.29 is 19.8 Å². The molecular weight excluding hydrogens is 272 g/mol. The van der Waals surface area contributed by atoms with Crippen LogP contribution in [0.3, 0.4) is 0 Å². The monoisotopic (exact) mass is 288 g/mol. The molecule has 0 aliphatic carbocycles. The summed E-state index contributed by atoms with van der Waals surface area (Å²) in [5.41, 5.74) is 1.12. The van der Waals surface area contributed by atoms with Crippen LogP contribution in [0.4, 0.5) is 0 Å². The molecule has 1 heterocycles. The SMILES string of the molecule is C[C@@H](O)[C@H](NC(=O)c1cccc(-n2cccc2)c1)C(=O)O. The topological polar surface area (TPSA) is 91.6 Å². The highest BCUT2D eigenvalue weighted by molar-refractivity contribution is 5.97. The molecule has 0 saturated carbocycles. The summed E-state index contributed by atoms with van der Waals surface area (Å²) in [5.74, 6) is -1.82. The fourth-order valence-corrected chi connectivity index (χ4v) is 1.93. The third-order valence-electron chi connectivity index (χ3n) is 3.05. The lowest BCUT2D eigenvalue weighted by molar-refractivity contribution is -0.141. The van der Waals surface area contributed by atoms with Crippen LogP contribution in [0.2, 0.25) is 0 Å². The molecule has 21 heavy (non-hydrogen) atoms. The minimum atomic E-state index is -1.34. The Balaban J connectivity index is 2.20. The van der Waals surface area contributed by atoms with Crippen LogP contribution >= 0.6 is 0 Å². The second-order valence-corrected chi connectivity index (χ2v) is 4.67. The molecule has 0 radical (unpaired) electrons. The Morgan fingerprint density at radius 2 is 1.86 bits per heavy atom. The highest BCUT2D eigenvalue weighted by atomic mass is 16.4. The molecule has 2 rings (SSSR count). The van der Waals surface area contributed by atoms with Gasteiger partial charge in [0.2, 0.25) is 0 Å². The van der Waals surface area contributed by atoms with Gasteiger partial charge in [-0.2, -0.15) is 0 Å². The Morgan fingerprint density at radius 3 is 2.43 bits per heavy atom. The molecule has 2 atom stereocenters. The van der Waals surface area contributed by atoms with Crippen LogP contribution in [-0.4, -0.2) is 38.8 Å². The molecule has 0 aliphatic heterocycles. The number of aromatic nitrogens is 1. The van der Waals surface area contributed by atoms with E-state index in [1.807, 2.05) is 35.2 Å². The van der Waals surface area contributed by atoms with E-state index in [1.165, 1.54) is 6.92 Å². The number of aliphatic hydroxyl groups excluding tert-OH is 1. The minimum absolute atomic E-state index is 0.327. The van der Waals surface area contributed by atoms with E-state index in [0.29, 0.717) is 5.56 Å². The number of rotatable bonds is 5. The van der Waals surface area contributed by atoms with Crippen LogP contribution in [0, 0.1) is 0 Å². The average Bonchev–Trinajstić information content (AvgIpc) is 2.98. The van der Waals surface area contributed by atoms with Crippen molar-refractivity contribution in [1.82, 2.24) is 9.88 Å². The van der Waals surface area contributed by atoms with Crippen LogP contribution in [0.15, 0.2) is 48.8 Å². The molecule has 110 valence electrons. The smallest absolute Gasteiger partial charge is 0.328 e. The van der Waals surface area contributed by atoms with Crippen molar-refractivity contribution in [1.29, 1.82) is 0 Å². The summed E-state index contributed by atoms with van der Waals surface area (Å²) < 4.78 is 1.83. The van der Waals surface area contributed by atoms with Crippen molar-refractivity contribution in [3.05, 3.63) is 54.4 Å². The van der Waals surface area contributed by atoms with E-state index in [1.54, 1.807) is 18.2 Å². The average molecular weight is 288 g/mol. The third kappa shape index (κ3) is 3.49. The number of carboxylic acids is 1. The number of hydrogen-bond acceptors (Lipinski definition) is 3. The summed E-state index contributed by atoms with van der Waals surface area (Å²) in [6.07, 6.45) is 2.50. The molecule has 0 saturated heterocycles. The number of nitrogens with one attached hydrogen (secondary N) is 1. The highest BCUT2D eigenvalue weighted by Gasteiger charge is 2.25. The molecule has 0 fully saturated rings. The second-order valence-electron chi connectivity index (χ2n) is 4.67. The van der Waals surface area contributed by atoms with Crippen LogP contribution in [0.25, 0.3) is 5.69 Å². The van der Waals surface area contributed by atoms with Gasteiger partial charge in [0.15, 0.2) is 6.04 Å². The standard InChI is InChI=1S/C15H16N2O4/c1-10(18)13(15(20)21)16-14(19)11-5-4-6-12(9-11)17-7-2-3-8-17/h2-10,13,18H,1H3,(H,16,19)(H,20,21)/t10-,13+/m1/s1. The zero-order chi connectivity index (χ0) is 15.4. The van der Waals surface area contributed by atoms with Crippen LogP contribution in [-0.2, 0) is 4.79 Å². The maximum Gasteiger partial charge on any atom is 0.328 e. The number of carboxylic acid groups (broad SMARTS) is 1. The zero-order valence-electron chi connectivity index (χ0n) is 11.4. The number of carbonyl (C=O) groups is 2. The van der Waals surface area contributed by atoms with E-state index < -0.39 is 24.0 Å². The molecule has 1 amide bonds. The fourth-order valence-electron chi connectivity index (χ4n) is 1.93. The molecule has 6 nitrogen and oxygen atoms in total. The summed E-state index contributed by atoms with van der Waals surface area (Å²) in [7, 11) is 0. The lowest BCUT2D eigenvalue weighted by atomic mass is 10.1. The first kappa shape index (κ1) is 14.8. The van der Waals surface area contributed by atoms with Crippen LogP contribution in [0.5, 0.6) is 0 Å². The summed E-state index contributed by atoms with van der Waals surface area (Å²) in [5, 5.41) is 20.7. The van der Waals surface area contributed by atoms with Gasteiger partial charge in [0.1, 0.15) is 0 Å². The molecule has 1 aromatic heterocycles. The van der Waals surface area contributed by atoms with E-state index >= 15 is 0 Å². The number of nitrogens with zero attached hydrogens (tertiary/aromatic N) is 1. The first-order chi connectivity index (χ1) is 9.99. The molecule has 0 aliphatic rings. The number of hydrogen-bond donors (Lipinski definition) is 3. The fraction of sp³-hybridized carbons (Fsp3) is 0.200. The first-order valence-electron chi connectivity index (χ1n) is 6.44. The van der Waals surface area contributed by atoms with E-state index in [9.17, 15) is 14.7 Å². The summed E-state index contributed by atoms with van der Waals surface area (Å²) in [6, 6.07) is 9.16. The third-order valence-corrected chi connectivity index (χ3v) is 3.05. The molecule has 0 bridgehead atoms. The molecule has 6 heteroatoms. The molecule has 0 unspecified atom stereocenters. The normalized spacial score (nSPS) is 13.4. The van der Waals surface area contributed by atoms with Gasteiger partial charge in [-0.05, 0) is 37.3 Å². The van der Waals surface area contributed by atoms with Gasteiger partial charge in [-0.25, -0.2) is 4.79 Å². The maximum atomic E-state index is 12.1. The van der Waals surface area contributed by atoms with Crippen molar-refractivity contribution in [2.45, 2.75) is 19.1 Å². The van der Waals surface area contributed by atoms with E-state index in [0.717, 1.165) is 5.69 Å². The van der Waals surface area contributed by atoms with Gasteiger partial charge in [0.25, 0.3) is 5.91 Å². The molecule has 2 aromatic rings. The predicted octanol–water partition coefficient (Wildman–Crippen LogP) is 1.04. The highest BCUT2D eigenvalue weighted by Crippen LogP contribution is 2.11. The van der Waals surface area contributed by atoms with Gasteiger partial charge in [0, 0.05) is 23.6 Å². The number of amides is 1. The summed E-state index contributed by atoms with van der Waals surface area (Å²) >= 11 is 0. The number of benzene rings is 1. The Bertz CT molecular complexity index is 635. The Hall–Kier alpha value is -2.60. The Labute approximate surface area is 121 Å². The number of aliphatic carboxylic acids is 1. The molecular formula is C15H16N2O4. The maximum absolute atomic E-state index is 12.1. The van der Waals surface area contributed by atoms with Gasteiger partial charge in [-0.15, -0.1) is 0 Å². The number of aliphatic hydroxyl groups is 1. The van der Waals surface area contributed by atoms with Crippen molar-refractivity contribution >= 4 is 11.9 Å². The Morgan fingerprint density at radius 1 is 1.19 bits per heavy atom. The van der Waals surface area contributed by atoms with Crippen molar-refractivity contribution in [3.8, 4) is 5.69 Å². The van der Waals surface area contributed by atoms with Gasteiger partial charge in [0.05, 0.1) is 6.10 Å². The lowest BCUT2D eigenvalue weighted by Crippen LogP contribution is -2.47. The molecule has 0 spiro atoms. The Kier molecular flexibility index (Phi) is 4.39. The van der Waals surface area contributed by atoms with Crippen molar-refractivity contribution in [2.24, 2.45) is 0 Å². The quantitative estimate of drug-likeness (QED) is 0.766. The first-order valence-corrected chi connectivity index (χ1v) is 6.44. The second kappa shape index (κ2) is 6.23. The molecule has 3 N–H and O–H groups in total. The van der Waals surface area contributed by atoms with Crippen LogP contribution < -0.4 is 5.32 Å². The van der Waals surface area contributed by atoms with Gasteiger partial charge < -0.3 is 20.1 Å². The van der Waals surface area contributed by atoms with Crippen LogP contribution in [0.1, 0.15) is 17.3 Å². The van der Waals surface area contributed by atoms with Crippen molar-refractivity contribution in [2.75, 3.05) is 0 Å². The number of carbonyl (C=O) groups excluding carboxylic acids is 1. The van der Waals surface area contributed by atoms with Crippen molar-refractivity contribution in [3.63, 3.8) is 0 Å². The summed E-state index contributed by atoms with van der Waals surface area (Å²) in [4.78, 5) is 23.1. The zero-order valence-corrected chi connectivity index (χ0v) is 11.4. The van der Waals surface area contributed by atoms with E-state index in [2.05, 4.69) is 5.32 Å². The molecule has 1 aromatic carbocycles. The minimum Gasteiger partial charge on any atom is -0.480 e.